The van der Waals surface area contributed by atoms with E-state index >= 15 is 0 Å². The fourth-order valence-corrected chi connectivity index (χ4v) is 2.01. The van der Waals surface area contributed by atoms with Crippen LogP contribution in [0.2, 0.25) is 0 Å². The average molecular weight is 272 g/mol. The van der Waals surface area contributed by atoms with E-state index in [9.17, 15) is 4.79 Å². The molecule has 0 aliphatic heterocycles. The second-order valence-electron chi connectivity index (χ2n) is 5.77. The Balaban J connectivity index is 3.86. The zero-order valence-corrected chi connectivity index (χ0v) is 13.0. The zero-order valence-electron chi connectivity index (χ0n) is 13.0. The molecule has 4 nitrogen and oxygen atoms in total. The van der Waals surface area contributed by atoms with Crippen molar-refractivity contribution in [2.75, 3.05) is 19.7 Å². The zero-order chi connectivity index (χ0) is 14.7. The molecule has 19 heavy (non-hydrogen) atoms. The quantitative estimate of drug-likeness (QED) is 0.538. The van der Waals surface area contributed by atoms with Gasteiger partial charge in [0.25, 0.3) is 0 Å². The van der Waals surface area contributed by atoms with Crippen molar-refractivity contribution >= 4 is 5.91 Å². The first-order valence-electron chi connectivity index (χ1n) is 7.63. The van der Waals surface area contributed by atoms with Crippen molar-refractivity contribution in [2.24, 2.45) is 11.8 Å². The van der Waals surface area contributed by atoms with Crippen molar-refractivity contribution in [1.82, 2.24) is 10.6 Å². The summed E-state index contributed by atoms with van der Waals surface area (Å²) in [5, 5.41) is 15.2. The number of hydrogen-bond acceptors (Lipinski definition) is 3. The summed E-state index contributed by atoms with van der Waals surface area (Å²) in [6.45, 7) is 10.1. The van der Waals surface area contributed by atoms with Gasteiger partial charge in [-0.05, 0) is 44.6 Å². The predicted octanol–water partition coefficient (Wildman–Crippen LogP) is 1.93. The smallest absolute Gasteiger partial charge is 0.236 e. The van der Waals surface area contributed by atoms with E-state index < -0.39 is 0 Å². The fourth-order valence-electron chi connectivity index (χ4n) is 2.01. The van der Waals surface area contributed by atoms with Crippen molar-refractivity contribution in [3.8, 4) is 0 Å². The largest absolute Gasteiger partial charge is 0.396 e. The molecular formula is C15H32N2O2. The number of amides is 1. The molecule has 0 aromatic rings. The summed E-state index contributed by atoms with van der Waals surface area (Å²) in [7, 11) is 0. The minimum atomic E-state index is -0.162. The Morgan fingerprint density at radius 3 is 2.37 bits per heavy atom. The van der Waals surface area contributed by atoms with Gasteiger partial charge < -0.3 is 15.7 Å². The van der Waals surface area contributed by atoms with E-state index in [1.165, 1.54) is 0 Å². The van der Waals surface area contributed by atoms with E-state index in [1.54, 1.807) is 0 Å². The van der Waals surface area contributed by atoms with Crippen LogP contribution in [0.15, 0.2) is 0 Å². The molecule has 0 saturated heterocycles. The summed E-state index contributed by atoms with van der Waals surface area (Å²) in [6, 6.07) is -0.162. The molecule has 3 N–H and O–H groups in total. The molecule has 2 atom stereocenters. The molecule has 2 unspecified atom stereocenters. The van der Waals surface area contributed by atoms with E-state index in [0.717, 1.165) is 38.8 Å². The number of carbonyl (C=O) groups is 1. The molecule has 0 saturated carbocycles. The first kappa shape index (κ1) is 18.4. The summed E-state index contributed by atoms with van der Waals surface area (Å²) in [4.78, 5) is 11.8. The Hall–Kier alpha value is -0.610. The highest BCUT2D eigenvalue weighted by molar-refractivity contribution is 5.81. The lowest BCUT2D eigenvalue weighted by atomic mass is 10.00. The van der Waals surface area contributed by atoms with Gasteiger partial charge in [0.05, 0.1) is 6.04 Å². The predicted molar refractivity (Wildman–Crippen MR) is 80.0 cm³/mol. The highest BCUT2D eigenvalue weighted by Crippen LogP contribution is 2.09. The van der Waals surface area contributed by atoms with Crippen LogP contribution >= 0.6 is 0 Å². The van der Waals surface area contributed by atoms with Crippen LogP contribution in [-0.4, -0.2) is 36.8 Å². The van der Waals surface area contributed by atoms with Gasteiger partial charge in [-0.2, -0.15) is 0 Å². The van der Waals surface area contributed by atoms with Crippen LogP contribution in [0, 0.1) is 11.8 Å². The molecule has 0 aromatic heterocycles. The van der Waals surface area contributed by atoms with Gasteiger partial charge in [-0.1, -0.05) is 27.2 Å². The van der Waals surface area contributed by atoms with Crippen molar-refractivity contribution in [2.45, 2.75) is 59.4 Å². The molecule has 0 rings (SSSR count). The Bertz CT molecular complexity index is 226. The van der Waals surface area contributed by atoms with E-state index in [1.807, 2.05) is 6.92 Å². The van der Waals surface area contributed by atoms with Gasteiger partial charge in [-0.15, -0.1) is 0 Å². The van der Waals surface area contributed by atoms with Crippen LogP contribution in [0.25, 0.3) is 0 Å². The van der Waals surface area contributed by atoms with Gasteiger partial charge >= 0.3 is 0 Å². The molecule has 0 heterocycles. The molecular weight excluding hydrogens is 240 g/mol. The van der Waals surface area contributed by atoms with Crippen LogP contribution in [0.1, 0.15) is 53.4 Å². The lowest BCUT2D eigenvalue weighted by Crippen LogP contribution is -2.44. The molecule has 0 aromatic carbocycles. The summed E-state index contributed by atoms with van der Waals surface area (Å²) >= 11 is 0. The van der Waals surface area contributed by atoms with Gasteiger partial charge in [-0.3, -0.25) is 4.79 Å². The highest BCUT2D eigenvalue weighted by atomic mass is 16.3. The molecule has 0 radical (unpaired) electrons. The minimum absolute atomic E-state index is 0.0693. The molecule has 1 amide bonds. The molecule has 0 aliphatic rings. The molecule has 0 bridgehead atoms. The number of nitrogens with one attached hydrogen (secondary N) is 2. The van der Waals surface area contributed by atoms with Crippen LogP contribution in [0.3, 0.4) is 0 Å². The number of rotatable bonds is 11. The van der Waals surface area contributed by atoms with Crippen molar-refractivity contribution < 1.29 is 9.90 Å². The van der Waals surface area contributed by atoms with E-state index in [-0.39, 0.29) is 18.6 Å². The lowest BCUT2D eigenvalue weighted by molar-refractivity contribution is -0.122. The van der Waals surface area contributed by atoms with Crippen molar-refractivity contribution in [3.63, 3.8) is 0 Å². The monoisotopic (exact) mass is 272 g/mol. The molecule has 0 aliphatic carbocycles. The normalized spacial score (nSPS) is 14.4. The van der Waals surface area contributed by atoms with Gasteiger partial charge in [-0.25, -0.2) is 0 Å². The molecule has 4 heteroatoms. The van der Waals surface area contributed by atoms with Crippen LogP contribution in [0.4, 0.5) is 0 Å². The van der Waals surface area contributed by atoms with Gasteiger partial charge in [0.1, 0.15) is 0 Å². The second-order valence-corrected chi connectivity index (χ2v) is 5.77. The number of carbonyl (C=O) groups excluding carboxylic acids is 1. The second kappa shape index (κ2) is 11.2. The number of aliphatic hydroxyl groups is 1. The van der Waals surface area contributed by atoms with Crippen molar-refractivity contribution in [1.29, 1.82) is 0 Å². The molecule has 0 spiro atoms. The number of hydrogen-bond donors (Lipinski definition) is 3. The van der Waals surface area contributed by atoms with Crippen LogP contribution in [-0.2, 0) is 4.79 Å². The Morgan fingerprint density at radius 1 is 1.16 bits per heavy atom. The maximum atomic E-state index is 11.8. The summed E-state index contributed by atoms with van der Waals surface area (Å²) < 4.78 is 0. The Kier molecular flexibility index (Phi) is 10.9. The molecule has 114 valence electrons. The fraction of sp³-hybridized carbons (Fsp3) is 0.933. The summed E-state index contributed by atoms with van der Waals surface area (Å²) in [5.41, 5.74) is 0. The van der Waals surface area contributed by atoms with Gasteiger partial charge in [0.15, 0.2) is 0 Å². The van der Waals surface area contributed by atoms with E-state index in [0.29, 0.717) is 11.8 Å². The van der Waals surface area contributed by atoms with Crippen molar-refractivity contribution in [3.05, 3.63) is 0 Å². The Morgan fingerprint density at radius 2 is 1.84 bits per heavy atom. The standard InChI is InChI=1S/C15H32N2O2/c1-5-6-14(8-10-18)11-17-13(4)15(19)16-9-7-12(2)3/h12-14,17-18H,5-11H2,1-4H3,(H,16,19). The maximum absolute atomic E-state index is 11.8. The average Bonchev–Trinajstić information content (AvgIpc) is 2.35. The highest BCUT2D eigenvalue weighted by Gasteiger charge is 2.14. The van der Waals surface area contributed by atoms with E-state index in [4.69, 9.17) is 5.11 Å². The minimum Gasteiger partial charge on any atom is -0.396 e. The van der Waals surface area contributed by atoms with Crippen LogP contribution < -0.4 is 10.6 Å². The number of aliphatic hydroxyl groups excluding tert-OH is 1. The van der Waals surface area contributed by atoms with E-state index in [2.05, 4.69) is 31.4 Å². The lowest BCUT2D eigenvalue weighted by Gasteiger charge is -2.19. The topological polar surface area (TPSA) is 61.4 Å². The summed E-state index contributed by atoms with van der Waals surface area (Å²) in [5.74, 6) is 1.14. The first-order valence-corrected chi connectivity index (χ1v) is 7.63. The van der Waals surface area contributed by atoms with Gasteiger partial charge in [0, 0.05) is 13.2 Å². The third-order valence-electron chi connectivity index (χ3n) is 3.36. The van der Waals surface area contributed by atoms with Crippen LogP contribution in [0.5, 0.6) is 0 Å². The SMILES string of the molecule is CCCC(CCO)CNC(C)C(=O)NCCC(C)C. The first-order chi connectivity index (χ1) is 9.01. The van der Waals surface area contributed by atoms with Gasteiger partial charge in [0.2, 0.25) is 5.91 Å². The molecule has 0 fully saturated rings. The third kappa shape index (κ3) is 9.91. The third-order valence-corrected chi connectivity index (χ3v) is 3.36. The summed E-state index contributed by atoms with van der Waals surface area (Å²) in [6.07, 6.45) is 4.03. The Labute approximate surface area is 118 Å². The maximum Gasteiger partial charge on any atom is 0.236 e.